The second kappa shape index (κ2) is 27.1. The average Bonchev–Trinajstić information content (AvgIpc) is 3.32. The van der Waals surface area contributed by atoms with Crippen LogP contribution in [0.15, 0.2) is 52.7 Å². The Bertz CT molecular complexity index is 1910. The molecule has 4 N–H and O–H groups in total. The van der Waals surface area contributed by atoms with E-state index in [1.54, 1.807) is 34.1 Å². The van der Waals surface area contributed by atoms with Crippen molar-refractivity contribution < 1.29 is 63.0 Å². The van der Waals surface area contributed by atoms with E-state index >= 15 is 0 Å². The maximum absolute atomic E-state index is 14.6. The summed E-state index contributed by atoms with van der Waals surface area (Å²) >= 11 is 0. The van der Waals surface area contributed by atoms with Crippen LogP contribution in [0.5, 0.6) is 0 Å². The number of fused-ring (bicyclic) bond motifs is 3. The first-order valence-electron chi connectivity index (χ1n) is 25.1. The molecule has 0 aromatic rings. The Morgan fingerprint density at radius 3 is 2.30 bits per heavy atom. The van der Waals surface area contributed by atoms with Crippen LogP contribution in [0.3, 0.4) is 0 Å². The molecule has 3 heterocycles. The van der Waals surface area contributed by atoms with Crippen molar-refractivity contribution in [3.05, 3.63) is 47.6 Å². The lowest BCUT2D eigenvalue weighted by atomic mass is 9.78. The zero-order chi connectivity index (χ0) is 51.2. The van der Waals surface area contributed by atoms with Gasteiger partial charge in [-0.25, -0.2) is 10.2 Å². The summed E-state index contributed by atoms with van der Waals surface area (Å²) in [6.07, 6.45) is 11.5. The van der Waals surface area contributed by atoms with E-state index in [9.17, 15) is 39.3 Å². The maximum atomic E-state index is 14.6. The number of Topliss-reactive ketones (excluding diaryl/α,β-unsaturated/α-hetero) is 2. The van der Waals surface area contributed by atoms with Gasteiger partial charge in [0.2, 0.25) is 11.7 Å². The van der Waals surface area contributed by atoms with Gasteiger partial charge in [0.15, 0.2) is 5.78 Å². The van der Waals surface area contributed by atoms with Gasteiger partial charge in [-0.1, -0.05) is 71.1 Å². The molecule has 16 nitrogen and oxygen atoms in total. The minimum atomic E-state index is -2.44. The quantitative estimate of drug-likeness (QED) is 0.0982. The van der Waals surface area contributed by atoms with E-state index in [4.69, 9.17) is 23.7 Å². The molecule has 388 valence electrons. The van der Waals surface area contributed by atoms with Crippen LogP contribution < -0.4 is 5.43 Å². The Morgan fingerprint density at radius 2 is 1.64 bits per heavy atom. The number of aliphatic hydroxyl groups is 3. The van der Waals surface area contributed by atoms with Crippen LogP contribution in [0.2, 0.25) is 0 Å². The number of ketones is 2. The molecule has 4 aliphatic rings. The number of hydrogen-bond donors (Lipinski definition) is 4. The standard InChI is InChI=1S/C53H83N3O13/c1-31-17-13-12-14-18-32(2)44(65-9)29-40-22-20-37(7)53(64,69-40)50(61)51(62)56-24-16-15-19-42(56)52(63)68-45(34(4)27-39-21-23-43(58)46(28-39)66-10)30-41(55-54-38(8)57)33(3)26-36(6)48(60)49(67-11)47(59)35(5)25-31/h12-14,17-18,26,31,33-35,37,39-40,42-46,48-49,58,60,64H,15-16,19-25,27-30H2,1-11H3,(H,54,57)/b14-12+,17-13+,32-18+,36-26+,55-41+/t31-,33-,34-,35-,37-,39+,40+,42+,43-,44+,45+,46-,48-,49+,53-/m1/s1. The van der Waals surface area contributed by atoms with Crippen LogP contribution in [-0.4, -0.2) is 138 Å². The van der Waals surface area contributed by atoms with Crippen molar-refractivity contribution in [3.8, 4) is 0 Å². The number of amides is 2. The van der Waals surface area contributed by atoms with Gasteiger partial charge in [-0.3, -0.25) is 19.2 Å². The molecule has 16 heteroatoms. The Hall–Kier alpha value is -3.90. The Balaban J connectivity index is 1.78. The number of ether oxygens (including phenoxy) is 5. The largest absolute Gasteiger partial charge is 0.460 e. The molecular weight excluding hydrogens is 887 g/mol. The van der Waals surface area contributed by atoms with Gasteiger partial charge >= 0.3 is 5.97 Å². The molecular formula is C53H83N3O13. The topological polar surface area (TPSA) is 220 Å². The molecule has 0 aromatic carbocycles. The molecule has 15 atom stereocenters. The third-order valence-corrected chi connectivity index (χ3v) is 14.9. The summed E-state index contributed by atoms with van der Waals surface area (Å²) in [6, 6.07) is -1.14. The van der Waals surface area contributed by atoms with Crippen LogP contribution in [0.1, 0.15) is 132 Å². The number of cyclic esters (lactones) is 1. The molecule has 0 spiro atoms. The van der Waals surface area contributed by atoms with Crippen LogP contribution in [0.4, 0.5) is 0 Å². The smallest absolute Gasteiger partial charge is 0.329 e. The maximum Gasteiger partial charge on any atom is 0.329 e. The number of carbonyl (C=O) groups excluding carboxylic acids is 5. The molecule has 1 aliphatic carbocycles. The average molecular weight is 970 g/mol. The summed E-state index contributed by atoms with van der Waals surface area (Å²) < 4.78 is 29.7. The predicted octanol–water partition coefficient (Wildman–Crippen LogP) is 6.10. The third kappa shape index (κ3) is 15.8. The second-order valence-corrected chi connectivity index (χ2v) is 20.4. The lowest BCUT2D eigenvalue weighted by Crippen LogP contribution is -2.61. The molecule has 4 rings (SSSR count). The van der Waals surface area contributed by atoms with E-state index in [-0.39, 0.29) is 49.0 Å². The highest BCUT2D eigenvalue weighted by Crippen LogP contribution is 2.38. The molecule has 0 unspecified atom stereocenters. The summed E-state index contributed by atoms with van der Waals surface area (Å²) in [7, 11) is 4.54. The number of rotatable bonds is 7. The number of piperidine rings is 1. The Kier molecular flexibility index (Phi) is 22.6. The lowest BCUT2D eigenvalue weighted by Gasteiger charge is -2.42. The fourth-order valence-electron chi connectivity index (χ4n) is 10.4. The number of esters is 1. The molecule has 69 heavy (non-hydrogen) atoms. The number of nitrogens with zero attached hydrogens (tertiary/aromatic N) is 2. The lowest BCUT2D eigenvalue weighted by molar-refractivity contribution is -0.265. The Morgan fingerprint density at radius 1 is 0.913 bits per heavy atom. The van der Waals surface area contributed by atoms with Crippen molar-refractivity contribution in [1.82, 2.24) is 10.3 Å². The van der Waals surface area contributed by atoms with Crippen LogP contribution >= 0.6 is 0 Å². The SMILES string of the molecule is CO[C@H]1C[C@@H]2CC[C@@H](C)[C@@](O)(O2)C(=O)C(=O)N2CCCC[C@H]2C(=O)O[C@H]([C@H](C)C[C@@H]2CC[C@@H](O)[C@H](OC)C2)C/C(=N\NC(C)=O)[C@H](C)/C=C(\C)[C@@H](O)[C@@H](OC)C(=O)[C@H](C)C[C@H](C)/C=C/C=C/C=C/1C. The minimum absolute atomic E-state index is 0.00998. The highest BCUT2D eigenvalue weighted by Gasteiger charge is 2.53. The van der Waals surface area contributed by atoms with E-state index in [2.05, 4.69) is 10.5 Å². The van der Waals surface area contributed by atoms with Crippen molar-refractivity contribution in [3.63, 3.8) is 0 Å². The molecule has 1 saturated carbocycles. The van der Waals surface area contributed by atoms with Crippen LogP contribution in [-0.2, 0) is 47.7 Å². The number of hydrogen-bond acceptors (Lipinski definition) is 14. The number of allylic oxidation sites excluding steroid dienone is 6. The van der Waals surface area contributed by atoms with E-state index < -0.39 is 89.8 Å². The molecule has 0 aromatic heterocycles. The third-order valence-electron chi connectivity index (χ3n) is 14.9. The van der Waals surface area contributed by atoms with Gasteiger partial charge in [-0.05, 0) is 107 Å². The summed E-state index contributed by atoms with van der Waals surface area (Å²) in [6.45, 7) is 14.3. The molecule has 0 radical (unpaired) electrons. The highest BCUT2D eigenvalue weighted by molar-refractivity contribution is 6.39. The van der Waals surface area contributed by atoms with Gasteiger partial charge in [0, 0.05) is 71.1 Å². The first-order chi connectivity index (χ1) is 32.6. The zero-order valence-electron chi connectivity index (χ0n) is 43.1. The minimum Gasteiger partial charge on any atom is -0.460 e. The Labute approximate surface area is 410 Å². The predicted molar refractivity (Wildman–Crippen MR) is 261 cm³/mol. The summed E-state index contributed by atoms with van der Waals surface area (Å²) in [5, 5.41) is 38.7. The number of hydrazone groups is 1. The molecule has 2 saturated heterocycles. The summed E-state index contributed by atoms with van der Waals surface area (Å²) in [4.78, 5) is 70.7. The van der Waals surface area contributed by atoms with Crippen LogP contribution in [0, 0.1) is 35.5 Å². The van der Waals surface area contributed by atoms with E-state index in [1.807, 2.05) is 65.0 Å². The fourth-order valence-corrected chi connectivity index (χ4v) is 10.4. The van der Waals surface area contributed by atoms with E-state index in [1.165, 1.54) is 18.9 Å². The highest BCUT2D eigenvalue weighted by atomic mass is 16.6. The monoisotopic (exact) mass is 970 g/mol. The number of aliphatic hydroxyl groups excluding tert-OH is 2. The van der Waals surface area contributed by atoms with Gasteiger partial charge in [0.25, 0.3) is 11.7 Å². The number of nitrogens with one attached hydrogen (secondary N) is 1. The molecule has 3 aliphatic heterocycles. The van der Waals surface area contributed by atoms with Gasteiger partial charge in [-0.2, -0.15) is 5.10 Å². The summed E-state index contributed by atoms with van der Waals surface area (Å²) in [5.74, 6) is -7.93. The van der Waals surface area contributed by atoms with Crippen molar-refractivity contribution in [2.24, 2.45) is 40.6 Å². The van der Waals surface area contributed by atoms with Crippen LogP contribution in [0.25, 0.3) is 0 Å². The molecule has 2 amide bonds. The normalized spacial score (nSPS) is 39.2. The first-order valence-corrected chi connectivity index (χ1v) is 25.1. The van der Waals surface area contributed by atoms with Crippen molar-refractivity contribution in [2.75, 3.05) is 27.9 Å². The van der Waals surface area contributed by atoms with Crippen molar-refractivity contribution in [1.29, 1.82) is 0 Å². The van der Waals surface area contributed by atoms with Gasteiger partial charge in [0.05, 0.1) is 24.4 Å². The fraction of sp³-hybridized carbons (Fsp3) is 0.736. The number of methoxy groups -OCH3 is 3. The molecule has 3 fully saturated rings. The van der Waals surface area contributed by atoms with E-state index in [0.717, 1.165) is 12.0 Å². The van der Waals surface area contributed by atoms with Crippen molar-refractivity contribution in [2.45, 2.75) is 187 Å². The zero-order valence-corrected chi connectivity index (χ0v) is 43.1. The van der Waals surface area contributed by atoms with Gasteiger partial charge in [0.1, 0.15) is 24.4 Å². The first kappa shape index (κ1) is 57.7. The molecule has 2 bridgehead atoms. The van der Waals surface area contributed by atoms with Gasteiger partial charge in [-0.15, -0.1) is 0 Å². The van der Waals surface area contributed by atoms with Crippen molar-refractivity contribution >= 4 is 35.1 Å². The summed E-state index contributed by atoms with van der Waals surface area (Å²) in [5.41, 5.74) is 4.26. The number of carbonyl (C=O) groups is 5. The van der Waals surface area contributed by atoms with Gasteiger partial charge < -0.3 is 43.9 Å². The second-order valence-electron chi connectivity index (χ2n) is 20.4. The van der Waals surface area contributed by atoms with E-state index in [0.29, 0.717) is 69.1 Å².